The van der Waals surface area contributed by atoms with Gasteiger partial charge in [0.25, 0.3) is 0 Å². The van der Waals surface area contributed by atoms with Crippen molar-refractivity contribution >= 4 is 5.90 Å². The second kappa shape index (κ2) is 6.01. The van der Waals surface area contributed by atoms with E-state index < -0.39 is 0 Å². The zero-order chi connectivity index (χ0) is 9.52. The van der Waals surface area contributed by atoms with Gasteiger partial charge in [-0.05, 0) is 12.3 Å². The summed E-state index contributed by atoms with van der Waals surface area (Å²) in [4.78, 5) is 4.34. The summed E-state index contributed by atoms with van der Waals surface area (Å²) in [7, 11) is 0. The molecule has 1 aliphatic rings. The van der Waals surface area contributed by atoms with E-state index in [-0.39, 0.29) is 0 Å². The van der Waals surface area contributed by atoms with Gasteiger partial charge >= 0.3 is 0 Å². The SMILES string of the molecule is CC(C)CCCCC1=NCCCO1. The smallest absolute Gasteiger partial charge is 0.183 e. The van der Waals surface area contributed by atoms with Crippen LogP contribution in [0.3, 0.4) is 0 Å². The normalized spacial score (nSPS) is 17.0. The number of hydrogen-bond acceptors (Lipinski definition) is 2. The van der Waals surface area contributed by atoms with Crippen molar-refractivity contribution in [3.05, 3.63) is 0 Å². The molecule has 0 unspecified atom stereocenters. The molecule has 0 saturated heterocycles. The van der Waals surface area contributed by atoms with Gasteiger partial charge in [-0.3, -0.25) is 4.99 Å². The molecular formula is C11H21NO. The second-order valence-corrected chi connectivity index (χ2v) is 4.12. The lowest BCUT2D eigenvalue weighted by molar-refractivity contribution is 0.272. The quantitative estimate of drug-likeness (QED) is 0.600. The molecule has 0 spiro atoms. The first-order valence-corrected chi connectivity index (χ1v) is 5.45. The summed E-state index contributed by atoms with van der Waals surface area (Å²) in [5.41, 5.74) is 0. The Morgan fingerprint density at radius 1 is 1.38 bits per heavy atom. The summed E-state index contributed by atoms with van der Waals surface area (Å²) in [5, 5.41) is 0. The van der Waals surface area contributed by atoms with E-state index in [0.717, 1.165) is 37.8 Å². The van der Waals surface area contributed by atoms with Crippen LogP contribution in [-0.2, 0) is 4.74 Å². The van der Waals surface area contributed by atoms with Crippen LogP contribution >= 0.6 is 0 Å². The second-order valence-electron chi connectivity index (χ2n) is 4.12. The van der Waals surface area contributed by atoms with E-state index in [1.165, 1.54) is 19.3 Å². The van der Waals surface area contributed by atoms with Crippen LogP contribution in [0.2, 0.25) is 0 Å². The van der Waals surface area contributed by atoms with Gasteiger partial charge < -0.3 is 4.74 Å². The van der Waals surface area contributed by atoms with Crippen LogP contribution in [0.25, 0.3) is 0 Å². The van der Waals surface area contributed by atoms with Gasteiger partial charge in [-0.15, -0.1) is 0 Å². The molecule has 76 valence electrons. The van der Waals surface area contributed by atoms with Crippen LogP contribution in [0.1, 0.15) is 46.0 Å². The van der Waals surface area contributed by atoms with Crippen LogP contribution < -0.4 is 0 Å². The number of rotatable bonds is 5. The Morgan fingerprint density at radius 3 is 2.85 bits per heavy atom. The Kier molecular flexibility index (Phi) is 4.87. The van der Waals surface area contributed by atoms with Crippen molar-refractivity contribution in [2.45, 2.75) is 46.0 Å². The van der Waals surface area contributed by atoms with Gasteiger partial charge in [0.15, 0.2) is 5.90 Å². The minimum Gasteiger partial charge on any atom is -0.481 e. The maximum absolute atomic E-state index is 5.43. The number of unbranched alkanes of at least 4 members (excludes halogenated alkanes) is 1. The zero-order valence-electron chi connectivity index (χ0n) is 8.88. The number of ether oxygens (including phenoxy) is 1. The van der Waals surface area contributed by atoms with Crippen LogP contribution in [0, 0.1) is 5.92 Å². The van der Waals surface area contributed by atoms with Crippen molar-refractivity contribution in [3.8, 4) is 0 Å². The monoisotopic (exact) mass is 183 g/mol. The van der Waals surface area contributed by atoms with Crippen molar-refractivity contribution in [1.82, 2.24) is 0 Å². The fraction of sp³-hybridized carbons (Fsp3) is 0.909. The molecule has 1 heterocycles. The Labute approximate surface area is 81.4 Å². The van der Waals surface area contributed by atoms with Crippen molar-refractivity contribution in [3.63, 3.8) is 0 Å². The number of hydrogen-bond donors (Lipinski definition) is 0. The number of nitrogens with zero attached hydrogens (tertiary/aromatic N) is 1. The predicted octanol–water partition coefficient (Wildman–Crippen LogP) is 3.02. The molecule has 0 aromatic heterocycles. The molecule has 0 aliphatic carbocycles. The van der Waals surface area contributed by atoms with Crippen LogP contribution in [0.15, 0.2) is 4.99 Å². The van der Waals surface area contributed by atoms with E-state index in [4.69, 9.17) is 4.74 Å². The van der Waals surface area contributed by atoms with Crippen molar-refractivity contribution in [2.75, 3.05) is 13.2 Å². The molecule has 0 aromatic carbocycles. The molecule has 1 aliphatic heterocycles. The van der Waals surface area contributed by atoms with Gasteiger partial charge in [-0.1, -0.05) is 26.7 Å². The molecule has 2 nitrogen and oxygen atoms in total. The van der Waals surface area contributed by atoms with Gasteiger partial charge in [-0.2, -0.15) is 0 Å². The maximum atomic E-state index is 5.43. The van der Waals surface area contributed by atoms with Gasteiger partial charge in [0, 0.05) is 19.4 Å². The minimum absolute atomic E-state index is 0.828. The highest BCUT2D eigenvalue weighted by Gasteiger charge is 2.05. The summed E-state index contributed by atoms with van der Waals surface area (Å²) in [6, 6.07) is 0. The molecule has 0 aromatic rings. The summed E-state index contributed by atoms with van der Waals surface area (Å²) in [6.45, 7) is 6.39. The molecule has 0 radical (unpaired) electrons. The molecule has 0 N–H and O–H groups in total. The zero-order valence-corrected chi connectivity index (χ0v) is 8.88. The lowest BCUT2D eigenvalue weighted by Crippen LogP contribution is -2.13. The Balaban J connectivity index is 2.01. The topological polar surface area (TPSA) is 21.6 Å². The van der Waals surface area contributed by atoms with Crippen LogP contribution in [0.4, 0.5) is 0 Å². The molecule has 1 rings (SSSR count). The first-order valence-electron chi connectivity index (χ1n) is 5.45. The Bertz CT molecular complexity index is 163. The molecule has 0 atom stereocenters. The third-order valence-electron chi connectivity index (χ3n) is 2.28. The largest absolute Gasteiger partial charge is 0.481 e. The van der Waals surface area contributed by atoms with E-state index in [2.05, 4.69) is 18.8 Å². The summed E-state index contributed by atoms with van der Waals surface area (Å²) >= 11 is 0. The molecule has 2 heteroatoms. The lowest BCUT2D eigenvalue weighted by Gasteiger charge is -2.13. The molecule has 0 saturated carbocycles. The molecule has 0 amide bonds. The average molecular weight is 183 g/mol. The van der Waals surface area contributed by atoms with Gasteiger partial charge in [0.05, 0.1) is 6.61 Å². The first-order chi connectivity index (χ1) is 6.29. The fourth-order valence-electron chi connectivity index (χ4n) is 1.48. The Morgan fingerprint density at radius 2 is 2.23 bits per heavy atom. The molecule has 13 heavy (non-hydrogen) atoms. The fourth-order valence-corrected chi connectivity index (χ4v) is 1.48. The van der Waals surface area contributed by atoms with Crippen LogP contribution in [0.5, 0.6) is 0 Å². The van der Waals surface area contributed by atoms with E-state index in [1.807, 2.05) is 0 Å². The minimum atomic E-state index is 0.828. The highest BCUT2D eigenvalue weighted by Crippen LogP contribution is 2.10. The van der Waals surface area contributed by atoms with E-state index in [0.29, 0.717) is 0 Å². The standard InChI is InChI=1S/C11H21NO/c1-10(2)6-3-4-7-11-12-8-5-9-13-11/h10H,3-9H2,1-2H3. The molecular weight excluding hydrogens is 162 g/mol. The van der Waals surface area contributed by atoms with Crippen molar-refractivity contribution < 1.29 is 4.74 Å². The third-order valence-corrected chi connectivity index (χ3v) is 2.28. The summed E-state index contributed by atoms with van der Waals surface area (Å²) in [6.07, 6.45) is 6.01. The van der Waals surface area contributed by atoms with E-state index in [9.17, 15) is 0 Å². The summed E-state index contributed by atoms with van der Waals surface area (Å²) < 4.78 is 5.43. The number of aliphatic imine (C=N–C) groups is 1. The summed E-state index contributed by atoms with van der Waals surface area (Å²) in [5.74, 6) is 1.82. The highest BCUT2D eigenvalue weighted by atomic mass is 16.5. The predicted molar refractivity (Wildman–Crippen MR) is 56.2 cm³/mol. The highest BCUT2D eigenvalue weighted by molar-refractivity contribution is 5.76. The van der Waals surface area contributed by atoms with Gasteiger partial charge in [0.2, 0.25) is 0 Å². The molecule has 0 fully saturated rings. The molecule has 0 bridgehead atoms. The van der Waals surface area contributed by atoms with Gasteiger partial charge in [0.1, 0.15) is 0 Å². The van der Waals surface area contributed by atoms with Crippen molar-refractivity contribution in [1.29, 1.82) is 0 Å². The first kappa shape index (κ1) is 10.6. The average Bonchev–Trinajstić information content (AvgIpc) is 2.14. The van der Waals surface area contributed by atoms with Crippen LogP contribution in [-0.4, -0.2) is 19.0 Å². The van der Waals surface area contributed by atoms with Gasteiger partial charge in [-0.25, -0.2) is 0 Å². The van der Waals surface area contributed by atoms with E-state index in [1.54, 1.807) is 0 Å². The van der Waals surface area contributed by atoms with Crippen molar-refractivity contribution in [2.24, 2.45) is 10.9 Å². The maximum Gasteiger partial charge on any atom is 0.183 e. The Hall–Kier alpha value is -0.530. The lowest BCUT2D eigenvalue weighted by atomic mass is 10.1. The van der Waals surface area contributed by atoms with E-state index >= 15 is 0 Å². The third kappa shape index (κ3) is 4.91.